The minimum Gasteiger partial charge on any atom is -0.493 e. The largest absolute Gasteiger partial charge is 0.493 e. The van der Waals surface area contributed by atoms with Crippen LogP contribution in [-0.4, -0.2) is 24.9 Å². The van der Waals surface area contributed by atoms with Crippen LogP contribution in [0.2, 0.25) is 0 Å². The monoisotopic (exact) mass is 234 g/mol. The van der Waals surface area contributed by atoms with Crippen molar-refractivity contribution in [3.63, 3.8) is 0 Å². The van der Waals surface area contributed by atoms with Crippen LogP contribution in [0.15, 0.2) is 17.1 Å². The lowest BCUT2D eigenvalue weighted by molar-refractivity contribution is 0.440. The third-order valence-corrected chi connectivity index (χ3v) is 2.47. The lowest BCUT2D eigenvalue weighted by Crippen LogP contribution is -2.16. The van der Waals surface area contributed by atoms with Crippen molar-refractivity contribution in [2.75, 3.05) is 0 Å². The Hall–Kier alpha value is -2.11. The molecule has 0 radical (unpaired) electrons. The Bertz CT molecular complexity index is 598. The van der Waals surface area contributed by atoms with Gasteiger partial charge in [-0.25, -0.2) is 0 Å². The summed E-state index contributed by atoms with van der Waals surface area (Å²) in [5.74, 6) is -0.0362. The molecule has 6 heteroatoms. The van der Waals surface area contributed by atoms with E-state index in [4.69, 9.17) is 0 Å². The van der Waals surface area contributed by atoms with Crippen molar-refractivity contribution in [3.05, 3.63) is 28.2 Å². The minimum atomic E-state index is -0.326. The second-order valence-electron chi connectivity index (χ2n) is 4.18. The number of rotatable bonds is 2. The van der Waals surface area contributed by atoms with Crippen molar-refractivity contribution in [1.29, 1.82) is 0 Å². The van der Waals surface area contributed by atoms with Crippen LogP contribution in [0.3, 0.4) is 0 Å². The molecular weight excluding hydrogens is 220 g/mol. The summed E-state index contributed by atoms with van der Waals surface area (Å²) in [5, 5.41) is 13.9. The maximum absolute atomic E-state index is 11.8. The molecule has 2 rings (SSSR count). The first-order valence-electron chi connectivity index (χ1n) is 5.32. The van der Waals surface area contributed by atoms with Gasteiger partial charge in [-0.1, -0.05) is 13.8 Å². The highest BCUT2D eigenvalue weighted by Gasteiger charge is 2.15. The van der Waals surface area contributed by atoms with Crippen LogP contribution in [0, 0.1) is 0 Å². The van der Waals surface area contributed by atoms with Gasteiger partial charge in [0.1, 0.15) is 5.69 Å². The number of hydrogen-bond acceptors (Lipinski definition) is 4. The molecule has 17 heavy (non-hydrogen) atoms. The number of aryl methyl sites for hydroxylation is 1. The number of hydrogen-bond donors (Lipinski definition) is 2. The number of nitrogens with zero attached hydrogens (tertiary/aromatic N) is 3. The van der Waals surface area contributed by atoms with E-state index >= 15 is 0 Å². The molecule has 0 amide bonds. The molecule has 6 nitrogen and oxygen atoms in total. The molecule has 0 unspecified atom stereocenters. The molecule has 90 valence electrons. The van der Waals surface area contributed by atoms with Crippen molar-refractivity contribution in [3.8, 4) is 17.4 Å². The molecule has 2 heterocycles. The zero-order chi connectivity index (χ0) is 12.6. The van der Waals surface area contributed by atoms with Crippen LogP contribution in [0.1, 0.15) is 25.3 Å². The number of aromatic nitrogens is 4. The van der Waals surface area contributed by atoms with E-state index in [1.165, 1.54) is 0 Å². The number of H-pyrrole nitrogens is 1. The van der Waals surface area contributed by atoms with E-state index < -0.39 is 0 Å². The van der Waals surface area contributed by atoms with Gasteiger partial charge in [0.25, 0.3) is 5.56 Å². The van der Waals surface area contributed by atoms with E-state index in [-0.39, 0.29) is 23.2 Å². The Kier molecular flexibility index (Phi) is 2.71. The maximum Gasteiger partial charge on any atom is 0.258 e. The van der Waals surface area contributed by atoms with E-state index in [9.17, 15) is 9.90 Å². The highest BCUT2D eigenvalue weighted by Crippen LogP contribution is 2.21. The normalized spacial score (nSPS) is 11.1. The maximum atomic E-state index is 11.8. The molecule has 0 aliphatic rings. The fourth-order valence-electron chi connectivity index (χ4n) is 1.65. The molecule has 0 spiro atoms. The van der Waals surface area contributed by atoms with E-state index in [2.05, 4.69) is 15.1 Å². The minimum absolute atomic E-state index is 0.0796. The predicted molar refractivity (Wildman–Crippen MR) is 62.8 cm³/mol. The standard InChI is InChI=1S/C11H14N4O2/c1-6(2)8-10(16)12-9(13-11(8)17)7-4-5-15(3)14-7/h4-6H,1-3H3,(H2,12,13,16,17). The average molecular weight is 234 g/mol. The van der Waals surface area contributed by atoms with Gasteiger partial charge in [0.05, 0.1) is 5.56 Å². The van der Waals surface area contributed by atoms with Gasteiger partial charge in [-0.05, 0) is 12.0 Å². The summed E-state index contributed by atoms with van der Waals surface area (Å²) in [6, 6.07) is 1.72. The molecular formula is C11H14N4O2. The number of aromatic amines is 1. The molecule has 0 aliphatic heterocycles. The summed E-state index contributed by atoms with van der Waals surface area (Å²) in [6.45, 7) is 3.65. The van der Waals surface area contributed by atoms with Gasteiger partial charge in [-0.15, -0.1) is 0 Å². The smallest absolute Gasteiger partial charge is 0.258 e. The molecule has 2 aromatic rings. The molecule has 0 atom stereocenters. The SMILES string of the molecule is CC(C)c1c(O)nc(-c2ccn(C)n2)[nH]c1=O. The Morgan fingerprint density at radius 2 is 2.18 bits per heavy atom. The van der Waals surface area contributed by atoms with Crippen molar-refractivity contribution < 1.29 is 5.11 Å². The fraction of sp³-hybridized carbons (Fsp3) is 0.364. The predicted octanol–water partition coefficient (Wildman–Crippen LogP) is 0.999. The topological polar surface area (TPSA) is 83.8 Å². The van der Waals surface area contributed by atoms with Crippen LogP contribution < -0.4 is 5.56 Å². The summed E-state index contributed by atoms with van der Waals surface area (Å²) in [5.41, 5.74) is 0.494. The zero-order valence-electron chi connectivity index (χ0n) is 9.93. The van der Waals surface area contributed by atoms with Gasteiger partial charge in [-0.2, -0.15) is 10.1 Å². The highest BCUT2D eigenvalue weighted by molar-refractivity contribution is 5.49. The fourth-order valence-corrected chi connectivity index (χ4v) is 1.65. The summed E-state index contributed by atoms with van der Waals surface area (Å²) >= 11 is 0. The van der Waals surface area contributed by atoms with Crippen LogP contribution in [-0.2, 0) is 7.05 Å². The number of nitrogens with one attached hydrogen (secondary N) is 1. The van der Waals surface area contributed by atoms with Gasteiger partial charge in [0.2, 0.25) is 5.88 Å². The molecule has 0 fully saturated rings. The average Bonchev–Trinajstić information content (AvgIpc) is 2.63. The molecule has 0 aromatic carbocycles. The van der Waals surface area contributed by atoms with Gasteiger partial charge < -0.3 is 10.1 Å². The van der Waals surface area contributed by atoms with Gasteiger partial charge >= 0.3 is 0 Å². The van der Waals surface area contributed by atoms with E-state index in [0.717, 1.165) is 0 Å². The first-order valence-corrected chi connectivity index (χ1v) is 5.32. The Morgan fingerprint density at radius 1 is 1.47 bits per heavy atom. The third-order valence-electron chi connectivity index (χ3n) is 2.47. The molecule has 0 aliphatic carbocycles. The summed E-state index contributed by atoms with van der Waals surface area (Å²) in [7, 11) is 1.77. The second-order valence-corrected chi connectivity index (χ2v) is 4.18. The van der Waals surface area contributed by atoms with Crippen LogP contribution in [0.5, 0.6) is 5.88 Å². The molecule has 2 aromatic heterocycles. The Labute approximate surface area is 98.0 Å². The molecule has 2 N–H and O–H groups in total. The van der Waals surface area contributed by atoms with E-state index in [1.807, 2.05) is 13.8 Å². The molecule has 0 saturated heterocycles. The van der Waals surface area contributed by atoms with Crippen LogP contribution in [0.25, 0.3) is 11.5 Å². The molecule has 0 bridgehead atoms. The second kappa shape index (κ2) is 4.04. The van der Waals surface area contributed by atoms with Crippen molar-refractivity contribution >= 4 is 0 Å². The molecule has 0 saturated carbocycles. The zero-order valence-corrected chi connectivity index (χ0v) is 9.93. The summed E-state index contributed by atoms with van der Waals surface area (Å²) < 4.78 is 1.60. The van der Waals surface area contributed by atoms with Crippen LogP contribution >= 0.6 is 0 Å². The lowest BCUT2D eigenvalue weighted by Gasteiger charge is -2.06. The first kappa shape index (κ1) is 11.4. The third kappa shape index (κ3) is 2.06. The Balaban J connectivity index is 2.57. The van der Waals surface area contributed by atoms with Crippen molar-refractivity contribution in [2.45, 2.75) is 19.8 Å². The number of aromatic hydroxyl groups is 1. The van der Waals surface area contributed by atoms with E-state index in [1.54, 1.807) is 24.0 Å². The van der Waals surface area contributed by atoms with Crippen LogP contribution in [0.4, 0.5) is 0 Å². The van der Waals surface area contributed by atoms with Crippen molar-refractivity contribution in [2.24, 2.45) is 7.05 Å². The quantitative estimate of drug-likeness (QED) is 0.811. The summed E-state index contributed by atoms with van der Waals surface area (Å²) in [6.07, 6.45) is 1.74. The first-order chi connectivity index (χ1) is 7.99. The van der Waals surface area contributed by atoms with Gasteiger partial charge in [0, 0.05) is 13.2 Å². The lowest BCUT2D eigenvalue weighted by atomic mass is 10.1. The summed E-state index contributed by atoms with van der Waals surface area (Å²) in [4.78, 5) is 18.4. The Morgan fingerprint density at radius 3 is 2.65 bits per heavy atom. The van der Waals surface area contributed by atoms with Crippen molar-refractivity contribution in [1.82, 2.24) is 19.7 Å². The van der Waals surface area contributed by atoms with Gasteiger partial charge in [0.15, 0.2) is 5.82 Å². The van der Waals surface area contributed by atoms with Gasteiger partial charge in [-0.3, -0.25) is 9.48 Å². The highest BCUT2D eigenvalue weighted by atomic mass is 16.3. The van der Waals surface area contributed by atoms with E-state index in [0.29, 0.717) is 11.3 Å².